The van der Waals surface area contributed by atoms with Crippen molar-refractivity contribution in [2.24, 2.45) is 7.05 Å². The topological polar surface area (TPSA) is 116 Å². The predicted octanol–water partition coefficient (Wildman–Crippen LogP) is 1.64. The zero-order valence-corrected chi connectivity index (χ0v) is 16.1. The Labute approximate surface area is 158 Å². The van der Waals surface area contributed by atoms with E-state index in [2.05, 4.69) is 24.4 Å². The second-order valence-corrected chi connectivity index (χ2v) is 7.76. The van der Waals surface area contributed by atoms with Crippen molar-refractivity contribution in [1.82, 2.24) is 19.5 Å². The van der Waals surface area contributed by atoms with E-state index in [-0.39, 0.29) is 22.7 Å². The summed E-state index contributed by atoms with van der Waals surface area (Å²) in [5.74, 6) is -0.867. The Morgan fingerprint density at radius 1 is 1.25 bits per heavy atom. The molecule has 9 nitrogen and oxygen atoms in total. The van der Waals surface area contributed by atoms with Gasteiger partial charge in [0.15, 0.2) is 12.4 Å². The van der Waals surface area contributed by atoms with Crippen LogP contribution in [0.1, 0.15) is 18.9 Å². The summed E-state index contributed by atoms with van der Waals surface area (Å²) < 4.78 is 69.1. The Morgan fingerprint density at radius 2 is 1.93 bits per heavy atom. The molecule has 0 saturated heterocycles. The Kier molecular flexibility index (Phi) is 6.27. The van der Waals surface area contributed by atoms with Gasteiger partial charge in [-0.05, 0) is 19.4 Å². The second-order valence-electron chi connectivity index (χ2n) is 5.92. The van der Waals surface area contributed by atoms with E-state index in [1.54, 1.807) is 13.8 Å². The zero-order chi connectivity index (χ0) is 21.1. The SMILES string of the molecule is CCCS(=O)(=O)Nc1nc(OCC(F)(F)F)nc(-c2cc(C)c(=O)n(C)c2)n1. The molecule has 2 heterocycles. The summed E-state index contributed by atoms with van der Waals surface area (Å²) >= 11 is 0. The van der Waals surface area contributed by atoms with Gasteiger partial charge < -0.3 is 9.30 Å². The summed E-state index contributed by atoms with van der Waals surface area (Å²) in [6.07, 6.45) is -2.96. The Bertz CT molecular complexity index is 995. The van der Waals surface area contributed by atoms with Crippen LogP contribution in [0, 0.1) is 6.92 Å². The van der Waals surface area contributed by atoms with Gasteiger partial charge in [-0.1, -0.05) is 6.92 Å². The van der Waals surface area contributed by atoms with E-state index >= 15 is 0 Å². The fraction of sp³-hybridized carbons (Fsp3) is 0.467. The van der Waals surface area contributed by atoms with Gasteiger partial charge in [0.1, 0.15) is 0 Å². The molecule has 0 aliphatic heterocycles. The second kappa shape index (κ2) is 8.12. The number of ether oxygens (including phenoxy) is 1. The van der Waals surface area contributed by atoms with E-state index < -0.39 is 34.8 Å². The van der Waals surface area contributed by atoms with Crippen molar-refractivity contribution in [2.45, 2.75) is 26.4 Å². The molecule has 0 bridgehead atoms. The Morgan fingerprint density at radius 3 is 2.50 bits per heavy atom. The molecule has 28 heavy (non-hydrogen) atoms. The van der Waals surface area contributed by atoms with E-state index in [9.17, 15) is 26.4 Å². The highest BCUT2D eigenvalue weighted by atomic mass is 32.2. The van der Waals surface area contributed by atoms with Crippen LogP contribution < -0.4 is 15.0 Å². The van der Waals surface area contributed by atoms with Crippen LogP contribution >= 0.6 is 0 Å². The molecule has 0 aromatic carbocycles. The number of anilines is 1. The van der Waals surface area contributed by atoms with E-state index in [0.29, 0.717) is 12.0 Å². The van der Waals surface area contributed by atoms with Crippen molar-refractivity contribution in [3.63, 3.8) is 0 Å². The molecule has 154 valence electrons. The molecule has 1 N–H and O–H groups in total. The highest BCUT2D eigenvalue weighted by Crippen LogP contribution is 2.21. The summed E-state index contributed by atoms with van der Waals surface area (Å²) in [5.41, 5.74) is 0.330. The van der Waals surface area contributed by atoms with E-state index in [4.69, 9.17) is 0 Å². The van der Waals surface area contributed by atoms with Gasteiger partial charge in [-0.15, -0.1) is 0 Å². The predicted molar refractivity (Wildman–Crippen MR) is 94.5 cm³/mol. The molecule has 0 spiro atoms. The third-order valence-corrected chi connectivity index (χ3v) is 4.76. The number of nitrogens with zero attached hydrogens (tertiary/aromatic N) is 4. The number of halogens is 3. The van der Waals surface area contributed by atoms with Gasteiger partial charge in [0, 0.05) is 24.4 Å². The molecule has 2 aromatic heterocycles. The minimum atomic E-state index is -4.64. The molecular formula is C15H18F3N5O4S. The molecule has 0 fully saturated rings. The average Bonchev–Trinajstić information content (AvgIpc) is 2.56. The van der Waals surface area contributed by atoms with Crippen molar-refractivity contribution in [2.75, 3.05) is 17.1 Å². The lowest BCUT2D eigenvalue weighted by molar-refractivity contribution is -0.154. The van der Waals surface area contributed by atoms with Crippen molar-refractivity contribution in [3.8, 4) is 17.4 Å². The number of pyridine rings is 1. The first-order valence-electron chi connectivity index (χ1n) is 8.04. The third kappa shape index (κ3) is 5.90. The maximum Gasteiger partial charge on any atom is 0.422 e. The number of sulfonamides is 1. The molecule has 0 aliphatic rings. The summed E-state index contributed by atoms with van der Waals surface area (Å²) in [4.78, 5) is 23.2. The van der Waals surface area contributed by atoms with Gasteiger partial charge in [-0.2, -0.15) is 28.1 Å². The minimum Gasteiger partial charge on any atom is -0.454 e. The van der Waals surface area contributed by atoms with Gasteiger partial charge in [-0.25, -0.2) is 8.42 Å². The number of hydrogen-bond donors (Lipinski definition) is 1. The maximum absolute atomic E-state index is 12.4. The van der Waals surface area contributed by atoms with Crippen molar-refractivity contribution in [1.29, 1.82) is 0 Å². The maximum atomic E-state index is 12.4. The summed E-state index contributed by atoms with van der Waals surface area (Å²) in [7, 11) is -2.32. The summed E-state index contributed by atoms with van der Waals surface area (Å²) in [6.45, 7) is 1.52. The number of hydrogen-bond acceptors (Lipinski definition) is 7. The monoisotopic (exact) mass is 421 g/mol. The lowest BCUT2D eigenvalue weighted by atomic mass is 10.2. The fourth-order valence-corrected chi connectivity index (χ4v) is 3.21. The van der Waals surface area contributed by atoms with Gasteiger partial charge in [-0.3, -0.25) is 9.52 Å². The molecule has 0 amide bonds. The summed E-state index contributed by atoms with van der Waals surface area (Å²) in [6, 6.07) is 0.721. The van der Waals surface area contributed by atoms with Crippen LogP contribution in [0.4, 0.5) is 19.1 Å². The van der Waals surface area contributed by atoms with Gasteiger partial charge in [0.25, 0.3) is 5.56 Å². The van der Waals surface area contributed by atoms with E-state index in [0.717, 1.165) is 0 Å². The minimum absolute atomic E-state index is 0.153. The molecule has 0 atom stereocenters. The van der Waals surface area contributed by atoms with Crippen molar-refractivity contribution < 1.29 is 26.3 Å². The van der Waals surface area contributed by atoms with E-state index in [1.807, 2.05) is 0 Å². The largest absolute Gasteiger partial charge is 0.454 e. The zero-order valence-electron chi connectivity index (χ0n) is 15.2. The number of nitrogens with one attached hydrogen (secondary N) is 1. The average molecular weight is 421 g/mol. The highest BCUT2D eigenvalue weighted by Gasteiger charge is 2.29. The summed E-state index contributed by atoms with van der Waals surface area (Å²) in [5, 5.41) is 0. The van der Waals surface area contributed by atoms with Crippen LogP contribution in [0.5, 0.6) is 6.01 Å². The van der Waals surface area contributed by atoms with Crippen LogP contribution in [0.15, 0.2) is 17.1 Å². The molecule has 2 rings (SSSR count). The first kappa shape index (κ1) is 21.6. The fourth-order valence-electron chi connectivity index (χ4n) is 2.20. The smallest absolute Gasteiger partial charge is 0.422 e. The number of aryl methyl sites for hydroxylation is 2. The number of rotatable bonds is 7. The lowest BCUT2D eigenvalue weighted by Crippen LogP contribution is -2.22. The first-order valence-corrected chi connectivity index (χ1v) is 9.69. The van der Waals surface area contributed by atoms with Crippen molar-refractivity contribution >= 4 is 16.0 Å². The molecular weight excluding hydrogens is 403 g/mol. The van der Waals surface area contributed by atoms with Crippen LogP contribution in [0.3, 0.4) is 0 Å². The van der Waals surface area contributed by atoms with Crippen LogP contribution in [0.25, 0.3) is 11.4 Å². The normalized spacial score (nSPS) is 12.1. The van der Waals surface area contributed by atoms with Crippen LogP contribution in [0.2, 0.25) is 0 Å². The standard InChI is InChI=1S/C15H18F3N5O4S/c1-4-5-28(25,26)22-13-19-11(10-6-9(2)12(24)23(3)7-10)20-14(21-13)27-8-15(16,17)18/h6-7H,4-5,8H2,1-3H3,(H,19,20,21,22). The van der Waals surface area contributed by atoms with Crippen LogP contribution in [-0.2, 0) is 17.1 Å². The number of alkyl halides is 3. The molecule has 2 aromatic rings. The van der Waals surface area contributed by atoms with E-state index in [1.165, 1.54) is 23.9 Å². The third-order valence-electron chi connectivity index (χ3n) is 3.32. The Hall–Kier alpha value is -2.70. The van der Waals surface area contributed by atoms with Crippen LogP contribution in [-0.4, -0.2) is 46.5 Å². The Balaban J connectivity index is 2.52. The molecule has 13 heteroatoms. The number of aromatic nitrogens is 4. The highest BCUT2D eigenvalue weighted by molar-refractivity contribution is 7.92. The molecule has 0 radical (unpaired) electrons. The van der Waals surface area contributed by atoms with Gasteiger partial charge >= 0.3 is 12.2 Å². The first-order chi connectivity index (χ1) is 12.9. The molecule has 0 saturated carbocycles. The molecule has 0 unspecified atom stereocenters. The van der Waals surface area contributed by atoms with Gasteiger partial charge in [0.2, 0.25) is 16.0 Å². The van der Waals surface area contributed by atoms with Gasteiger partial charge in [0.05, 0.1) is 5.75 Å². The quantitative estimate of drug-likeness (QED) is 0.722. The lowest BCUT2D eigenvalue weighted by Gasteiger charge is -2.12. The molecule has 0 aliphatic carbocycles. The van der Waals surface area contributed by atoms with Crippen molar-refractivity contribution in [3.05, 3.63) is 28.2 Å².